The number of rotatable bonds is 9. The molecule has 0 saturated heterocycles. The normalized spacial score (nSPS) is 11.9. The second-order valence-corrected chi connectivity index (χ2v) is 4.39. The molecule has 0 aromatic heterocycles. The van der Waals surface area contributed by atoms with E-state index in [-0.39, 0.29) is 6.10 Å². The minimum absolute atomic E-state index is 0.290. The molecule has 4 nitrogen and oxygen atoms in total. The van der Waals surface area contributed by atoms with Gasteiger partial charge in [-0.1, -0.05) is 12.7 Å². The van der Waals surface area contributed by atoms with Crippen molar-refractivity contribution in [1.82, 2.24) is 0 Å². The molecule has 106 valence electrons. The van der Waals surface area contributed by atoms with Crippen LogP contribution in [0.25, 0.3) is 0 Å². The summed E-state index contributed by atoms with van der Waals surface area (Å²) >= 11 is 0. The van der Waals surface area contributed by atoms with Crippen LogP contribution in [0.3, 0.4) is 0 Å². The monoisotopic (exact) mass is 266 g/mol. The molecule has 0 unspecified atom stereocenters. The Balaban J connectivity index is 2.68. The molecule has 1 aromatic rings. The zero-order valence-electron chi connectivity index (χ0n) is 11.8. The van der Waals surface area contributed by atoms with Crippen molar-refractivity contribution in [2.45, 2.75) is 26.5 Å². The number of hydrogen-bond acceptors (Lipinski definition) is 3. The highest BCUT2D eigenvalue weighted by molar-refractivity contribution is 5.42. The summed E-state index contributed by atoms with van der Waals surface area (Å²) in [4.78, 5) is 0. The standard InChI is InChI=1S/C15H23NO3/c1-4-8-19-14-7-6-13(9-15(14)18-5-2)11-16-10-12(3)17/h4,6-7,9,12,16-17H,1,5,8,10-11H2,2-3H3/p+1/t12-/m1/s1. The van der Waals surface area contributed by atoms with Gasteiger partial charge in [0, 0.05) is 5.56 Å². The van der Waals surface area contributed by atoms with Crippen LogP contribution in [0.5, 0.6) is 11.5 Å². The molecule has 1 atom stereocenters. The number of aliphatic hydroxyl groups excluding tert-OH is 1. The first-order valence-electron chi connectivity index (χ1n) is 6.66. The lowest BCUT2D eigenvalue weighted by Gasteiger charge is -2.12. The lowest BCUT2D eigenvalue weighted by molar-refractivity contribution is -0.676. The minimum atomic E-state index is -0.290. The zero-order valence-corrected chi connectivity index (χ0v) is 11.8. The molecule has 0 saturated carbocycles. The molecule has 0 aliphatic carbocycles. The summed E-state index contributed by atoms with van der Waals surface area (Å²) in [6.07, 6.45) is 1.42. The molecule has 3 N–H and O–H groups in total. The Hall–Kier alpha value is -1.52. The average Bonchev–Trinajstić information content (AvgIpc) is 2.38. The molecule has 0 fully saturated rings. The van der Waals surface area contributed by atoms with Crippen LogP contribution in [-0.4, -0.2) is 31.0 Å². The fourth-order valence-electron chi connectivity index (χ4n) is 1.71. The summed E-state index contributed by atoms with van der Waals surface area (Å²) in [7, 11) is 0. The quantitative estimate of drug-likeness (QED) is 0.658. The Morgan fingerprint density at radius 1 is 1.37 bits per heavy atom. The Morgan fingerprint density at radius 2 is 2.16 bits per heavy atom. The molecule has 0 spiro atoms. The van der Waals surface area contributed by atoms with Crippen molar-refractivity contribution in [2.24, 2.45) is 0 Å². The molecule has 0 amide bonds. The van der Waals surface area contributed by atoms with Crippen molar-refractivity contribution in [3.8, 4) is 11.5 Å². The third-order valence-corrected chi connectivity index (χ3v) is 2.55. The fourth-order valence-corrected chi connectivity index (χ4v) is 1.71. The van der Waals surface area contributed by atoms with Gasteiger partial charge in [-0.15, -0.1) is 0 Å². The third kappa shape index (κ3) is 5.77. The highest BCUT2D eigenvalue weighted by atomic mass is 16.5. The van der Waals surface area contributed by atoms with Crippen LogP contribution in [-0.2, 0) is 6.54 Å². The number of hydrogen-bond donors (Lipinski definition) is 2. The van der Waals surface area contributed by atoms with Gasteiger partial charge in [0.25, 0.3) is 0 Å². The number of benzene rings is 1. The molecule has 0 heterocycles. The van der Waals surface area contributed by atoms with Gasteiger partial charge in [-0.25, -0.2) is 0 Å². The minimum Gasteiger partial charge on any atom is -0.490 e. The van der Waals surface area contributed by atoms with Gasteiger partial charge < -0.3 is 19.9 Å². The Bertz CT molecular complexity index is 391. The van der Waals surface area contributed by atoms with Crippen LogP contribution in [0, 0.1) is 0 Å². The summed E-state index contributed by atoms with van der Waals surface area (Å²) in [5, 5.41) is 11.3. The Kier molecular flexibility index (Phi) is 7.00. The first-order valence-corrected chi connectivity index (χ1v) is 6.66. The summed E-state index contributed by atoms with van der Waals surface area (Å²) in [5.74, 6) is 1.49. The molecule has 0 radical (unpaired) electrons. The van der Waals surface area contributed by atoms with Crippen LogP contribution in [0.15, 0.2) is 30.9 Å². The lowest BCUT2D eigenvalue weighted by Crippen LogP contribution is -2.84. The highest BCUT2D eigenvalue weighted by Crippen LogP contribution is 2.28. The second-order valence-electron chi connectivity index (χ2n) is 4.39. The Morgan fingerprint density at radius 3 is 2.79 bits per heavy atom. The van der Waals surface area contributed by atoms with Crippen LogP contribution in [0.2, 0.25) is 0 Å². The van der Waals surface area contributed by atoms with Crippen molar-refractivity contribution in [3.63, 3.8) is 0 Å². The van der Waals surface area contributed by atoms with E-state index in [2.05, 4.69) is 11.9 Å². The summed E-state index contributed by atoms with van der Waals surface area (Å²) < 4.78 is 11.1. The van der Waals surface area contributed by atoms with Gasteiger partial charge in [-0.05, 0) is 32.0 Å². The largest absolute Gasteiger partial charge is 0.490 e. The maximum Gasteiger partial charge on any atom is 0.161 e. The molecule has 4 heteroatoms. The van der Waals surface area contributed by atoms with Gasteiger partial charge in [0.15, 0.2) is 11.5 Å². The van der Waals surface area contributed by atoms with Gasteiger partial charge in [0.05, 0.1) is 12.7 Å². The smallest absolute Gasteiger partial charge is 0.161 e. The Labute approximate surface area is 115 Å². The van der Waals surface area contributed by atoms with E-state index in [0.717, 1.165) is 23.6 Å². The van der Waals surface area contributed by atoms with E-state index < -0.39 is 0 Å². The zero-order chi connectivity index (χ0) is 14.1. The van der Waals surface area contributed by atoms with Crippen LogP contribution in [0.4, 0.5) is 0 Å². The maximum absolute atomic E-state index is 9.23. The van der Waals surface area contributed by atoms with Crippen LogP contribution in [0.1, 0.15) is 19.4 Å². The SMILES string of the molecule is C=CCOc1ccc(C[NH2+]C[C@@H](C)O)cc1OCC. The van der Waals surface area contributed by atoms with Crippen molar-refractivity contribution in [3.05, 3.63) is 36.4 Å². The first-order chi connectivity index (χ1) is 9.17. The summed E-state index contributed by atoms with van der Waals surface area (Å²) in [5.41, 5.74) is 1.15. The first kappa shape index (κ1) is 15.5. The summed E-state index contributed by atoms with van der Waals surface area (Å²) in [6, 6.07) is 5.92. The van der Waals surface area contributed by atoms with Gasteiger partial charge in [0.1, 0.15) is 19.7 Å². The molecule has 1 rings (SSSR count). The average molecular weight is 266 g/mol. The lowest BCUT2D eigenvalue weighted by atomic mass is 10.2. The van der Waals surface area contributed by atoms with Gasteiger partial charge >= 0.3 is 0 Å². The van der Waals surface area contributed by atoms with Crippen molar-refractivity contribution >= 4 is 0 Å². The summed E-state index contributed by atoms with van der Waals surface area (Å²) in [6.45, 7) is 9.94. The predicted molar refractivity (Wildman–Crippen MR) is 75.5 cm³/mol. The molecular formula is C15H24NO3+. The fraction of sp³-hybridized carbons (Fsp3) is 0.467. The van der Waals surface area contributed by atoms with Gasteiger partial charge in [-0.3, -0.25) is 0 Å². The number of ether oxygens (including phenoxy) is 2. The van der Waals surface area contributed by atoms with Crippen LogP contribution >= 0.6 is 0 Å². The number of nitrogens with two attached hydrogens (primary N) is 1. The van der Waals surface area contributed by atoms with Crippen molar-refractivity contribution in [1.29, 1.82) is 0 Å². The third-order valence-electron chi connectivity index (χ3n) is 2.55. The van der Waals surface area contributed by atoms with Crippen molar-refractivity contribution in [2.75, 3.05) is 19.8 Å². The molecule has 1 aromatic carbocycles. The maximum atomic E-state index is 9.23. The van der Waals surface area contributed by atoms with Gasteiger partial charge in [0.2, 0.25) is 0 Å². The van der Waals surface area contributed by atoms with E-state index in [9.17, 15) is 5.11 Å². The molecular weight excluding hydrogens is 242 g/mol. The molecule has 0 aliphatic rings. The highest BCUT2D eigenvalue weighted by Gasteiger charge is 2.07. The number of quaternary nitrogens is 1. The van der Waals surface area contributed by atoms with E-state index in [1.807, 2.05) is 25.1 Å². The molecule has 19 heavy (non-hydrogen) atoms. The van der Waals surface area contributed by atoms with E-state index in [0.29, 0.717) is 19.8 Å². The molecule has 0 aliphatic heterocycles. The van der Waals surface area contributed by atoms with E-state index in [1.54, 1.807) is 13.0 Å². The van der Waals surface area contributed by atoms with Gasteiger partial charge in [-0.2, -0.15) is 0 Å². The second kappa shape index (κ2) is 8.56. The predicted octanol–water partition coefficient (Wildman–Crippen LogP) is 1.09. The number of aliphatic hydroxyl groups is 1. The van der Waals surface area contributed by atoms with Crippen molar-refractivity contribution < 1.29 is 19.9 Å². The van der Waals surface area contributed by atoms with E-state index in [1.165, 1.54) is 0 Å². The molecule has 0 bridgehead atoms. The van der Waals surface area contributed by atoms with Crippen LogP contribution < -0.4 is 14.8 Å². The van der Waals surface area contributed by atoms with E-state index in [4.69, 9.17) is 9.47 Å². The van der Waals surface area contributed by atoms with E-state index >= 15 is 0 Å². The topological polar surface area (TPSA) is 55.3 Å².